The summed E-state index contributed by atoms with van der Waals surface area (Å²) >= 11 is 1.45. The van der Waals surface area contributed by atoms with Gasteiger partial charge in [-0.2, -0.15) is 11.8 Å². The predicted octanol–water partition coefficient (Wildman–Crippen LogP) is -1.37. The minimum Gasteiger partial charge on any atom is -0.480 e. The summed E-state index contributed by atoms with van der Waals surface area (Å²) in [6, 6.07) is -3.19. The molecule has 9 nitrogen and oxygen atoms in total. The van der Waals surface area contributed by atoms with Crippen molar-refractivity contribution in [1.29, 1.82) is 0 Å². The fourth-order valence-corrected chi connectivity index (χ4v) is 2.53. The Morgan fingerprint density at radius 3 is 2.24 bits per heavy atom. The van der Waals surface area contributed by atoms with Gasteiger partial charge in [0.05, 0.1) is 12.1 Å². The van der Waals surface area contributed by atoms with Crippen LogP contribution in [0.1, 0.15) is 32.6 Å². The molecule has 0 bridgehead atoms. The van der Waals surface area contributed by atoms with E-state index in [-0.39, 0.29) is 6.42 Å². The van der Waals surface area contributed by atoms with Gasteiger partial charge in [0.2, 0.25) is 11.8 Å². The van der Waals surface area contributed by atoms with Gasteiger partial charge in [-0.05, 0) is 44.7 Å². The molecule has 0 aliphatic rings. The summed E-state index contributed by atoms with van der Waals surface area (Å²) in [5.41, 5.74) is 11.1. The van der Waals surface area contributed by atoms with Crippen molar-refractivity contribution < 1.29 is 24.6 Å². The quantitative estimate of drug-likeness (QED) is 0.213. The summed E-state index contributed by atoms with van der Waals surface area (Å²) in [5.74, 6) is -1.95. The second-order valence-electron chi connectivity index (χ2n) is 5.80. The maximum absolute atomic E-state index is 12.3. The lowest BCUT2D eigenvalue weighted by molar-refractivity contribution is -0.143. The average molecular weight is 378 g/mol. The van der Waals surface area contributed by atoms with Gasteiger partial charge in [0, 0.05) is 0 Å². The van der Waals surface area contributed by atoms with Crippen molar-refractivity contribution in [2.75, 3.05) is 18.6 Å². The van der Waals surface area contributed by atoms with Crippen LogP contribution in [0, 0.1) is 0 Å². The van der Waals surface area contributed by atoms with Gasteiger partial charge in [-0.25, -0.2) is 4.79 Å². The zero-order valence-electron chi connectivity index (χ0n) is 14.7. The van der Waals surface area contributed by atoms with E-state index in [9.17, 15) is 19.5 Å². The summed E-state index contributed by atoms with van der Waals surface area (Å²) in [6.07, 6.45) is 2.68. The van der Waals surface area contributed by atoms with E-state index in [0.29, 0.717) is 25.1 Å². The molecular weight excluding hydrogens is 348 g/mol. The number of carbonyl (C=O) groups is 3. The van der Waals surface area contributed by atoms with Crippen LogP contribution in [0.4, 0.5) is 0 Å². The first-order valence-electron chi connectivity index (χ1n) is 8.20. The summed E-state index contributed by atoms with van der Waals surface area (Å²) < 4.78 is 0. The zero-order chi connectivity index (χ0) is 19.4. The molecule has 10 heteroatoms. The van der Waals surface area contributed by atoms with Crippen LogP contribution < -0.4 is 22.1 Å². The molecule has 0 radical (unpaired) electrons. The van der Waals surface area contributed by atoms with Crippen LogP contribution >= 0.6 is 11.8 Å². The van der Waals surface area contributed by atoms with E-state index in [1.54, 1.807) is 0 Å². The molecule has 0 aliphatic heterocycles. The number of rotatable bonds is 13. The number of aliphatic carboxylic acids is 1. The van der Waals surface area contributed by atoms with Crippen molar-refractivity contribution in [2.45, 2.75) is 56.8 Å². The van der Waals surface area contributed by atoms with E-state index in [0.717, 1.165) is 6.42 Å². The Balaban J connectivity index is 4.77. The smallest absolute Gasteiger partial charge is 0.326 e. The third-order valence-corrected chi connectivity index (χ3v) is 4.24. The molecule has 0 aromatic carbocycles. The van der Waals surface area contributed by atoms with Crippen molar-refractivity contribution in [1.82, 2.24) is 10.6 Å². The zero-order valence-corrected chi connectivity index (χ0v) is 15.6. The summed E-state index contributed by atoms with van der Waals surface area (Å²) in [7, 11) is 0. The second kappa shape index (κ2) is 12.9. The van der Waals surface area contributed by atoms with Crippen LogP contribution in [0.15, 0.2) is 0 Å². The van der Waals surface area contributed by atoms with Crippen LogP contribution in [0.25, 0.3) is 0 Å². The topological polar surface area (TPSA) is 168 Å². The van der Waals surface area contributed by atoms with Gasteiger partial charge in [0.1, 0.15) is 12.1 Å². The van der Waals surface area contributed by atoms with Gasteiger partial charge in [0.25, 0.3) is 0 Å². The molecule has 0 aliphatic carbocycles. The van der Waals surface area contributed by atoms with Gasteiger partial charge >= 0.3 is 5.97 Å². The first-order valence-corrected chi connectivity index (χ1v) is 9.60. The molecule has 0 aromatic heterocycles. The third-order valence-electron chi connectivity index (χ3n) is 3.59. The first kappa shape index (κ1) is 23.6. The molecule has 0 aromatic rings. The van der Waals surface area contributed by atoms with Gasteiger partial charge in [-0.3, -0.25) is 9.59 Å². The Kier molecular flexibility index (Phi) is 12.2. The number of thioether (sulfide) groups is 1. The third kappa shape index (κ3) is 9.63. The van der Waals surface area contributed by atoms with Crippen molar-refractivity contribution >= 4 is 29.5 Å². The van der Waals surface area contributed by atoms with E-state index in [4.69, 9.17) is 16.6 Å². The van der Waals surface area contributed by atoms with Crippen LogP contribution in [0.5, 0.6) is 0 Å². The van der Waals surface area contributed by atoms with Gasteiger partial charge in [-0.1, -0.05) is 6.42 Å². The Hall–Kier alpha value is -1.36. The van der Waals surface area contributed by atoms with E-state index < -0.39 is 42.0 Å². The lowest BCUT2D eigenvalue weighted by atomic mass is 10.1. The normalized spacial score (nSPS) is 15.7. The van der Waals surface area contributed by atoms with Crippen LogP contribution in [-0.4, -0.2) is 70.8 Å². The van der Waals surface area contributed by atoms with E-state index in [1.165, 1.54) is 18.7 Å². The largest absolute Gasteiger partial charge is 0.480 e. The lowest BCUT2D eigenvalue weighted by Gasteiger charge is -2.24. The highest BCUT2D eigenvalue weighted by molar-refractivity contribution is 7.98. The maximum Gasteiger partial charge on any atom is 0.326 e. The fourth-order valence-electron chi connectivity index (χ4n) is 2.06. The minimum absolute atomic E-state index is 0.237. The Morgan fingerprint density at radius 2 is 1.76 bits per heavy atom. The number of nitrogens with two attached hydrogens (primary N) is 2. The first-order chi connectivity index (χ1) is 11.7. The standard InChI is InChI=1S/C15H30N4O5S/c1-9(20)12(19-13(21)10(17)5-3-4-7-16)14(22)18-11(15(23)24)6-8-25-2/h9-12,20H,3-8,16-17H2,1-2H3,(H,18,22)(H,19,21)(H,23,24)/t9-,10+,11+,12+/m1/s1. The average Bonchev–Trinajstić information content (AvgIpc) is 2.55. The minimum atomic E-state index is -1.27. The summed E-state index contributed by atoms with van der Waals surface area (Å²) in [5, 5.41) is 23.7. The summed E-state index contributed by atoms with van der Waals surface area (Å²) in [6.45, 7) is 1.84. The van der Waals surface area contributed by atoms with Crippen molar-refractivity contribution in [3.63, 3.8) is 0 Å². The number of amides is 2. The van der Waals surface area contributed by atoms with Gasteiger partial charge in [0.15, 0.2) is 0 Å². The van der Waals surface area contributed by atoms with Crippen LogP contribution in [0.3, 0.4) is 0 Å². The van der Waals surface area contributed by atoms with Crippen molar-refractivity contribution in [3.8, 4) is 0 Å². The number of hydrogen-bond donors (Lipinski definition) is 6. The number of unbranched alkanes of at least 4 members (excludes halogenated alkanes) is 1. The highest BCUT2D eigenvalue weighted by atomic mass is 32.2. The Morgan fingerprint density at radius 1 is 1.12 bits per heavy atom. The Labute approximate surface area is 152 Å². The molecule has 4 atom stereocenters. The second-order valence-corrected chi connectivity index (χ2v) is 6.78. The molecule has 0 heterocycles. The van der Waals surface area contributed by atoms with E-state index in [2.05, 4.69) is 10.6 Å². The highest BCUT2D eigenvalue weighted by Gasteiger charge is 2.30. The number of carboxylic acids is 1. The molecule has 0 saturated carbocycles. The SMILES string of the molecule is CSCC[C@H](NC(=O)[C@@H](NC(=O)[C@@H](N)CCCCN)[C@@H](C)O)C(=O)O. The molecule has 0 spiro atoms. The van der Waals surface area contributed by atoms with Crippen molar-refractivity contribution in [3.05, 3.63) is 0 Å². The molecular formula is C15H30N4O5S. The molecule has 25 heavy (non-hydrogen) atoms. The fraction of sp³-hybridized carbons (Fsp3) is 0.800. The van der Waals surface area contributed by atoms with Gasteiger partial charge in [-0.15, -0.1) is 0 Å². The molecule has 2 amide bonds. The number of hydrogen-bond acceptors (Lipinski definition) is 7. The molecule has 0 rings (SSSR count). The Bertz CT molecular complexity index is 436. The number of aliphatic hydroxyl groups excluding tert-OH is 1. The molecule has 0 unspecified atom stereocenters. The summed E-state index contributed by atoms with van der Waals surface area (Å²) in [4.78, 5) is 35.5. The predicted molar refractivity (Wildman–Crippen MR) is 97.1 cm³/mol. The molecule has 0 saturated heterocycles. The number of carboxylic acid groups (broad SMARTS) is 1. The maximum atomic E-state index is 12.3. The molecule has 146 valence electrons. The van der Waals surface area contributed by atoms with Crippen molar-refractivity contribution in [2.24, 2.45) is 11.5 Å². The molecule has 8 N–H and O–H groups in total. The van der Waals surface area contributed by atoms with Crippen LogP contribution in [0.2, 0.25) is 0 Å². The molecule has 0 fully saturated rings. The van der Waals surface area contributed by atoms with E-state index in [1.807, 2.05) is 6.26 Å². The van der Waals surface area contributed by atoms with E-state index >= 15 is 0 Å². The lowest BCUT2D eigenvalue weighted by Crippen LogP contribution is -2.58. The van der Waals surface area contributed by atoms with Gasteiger partial charge < -0.3 is 32.3 Å². The van der Waals surface area contributed by atoms with Crippen LogP contribution in [-0.2, 0) is 14.4 Å². The number of nitrogens with one attached hydrogen (secondary N) is 2. The number of carbonyl (C=O) groups excluding carboxylic acids is 2. The highest BCUT2D eigenvalue weighted by Crippen LogP contribution is 2.04. The monoisotopic (exact) mass is 378 g/mol. The number of aliphatic hydroxyl groups is 1.